The third-order valence-corrected chi connectivity index (χ3v) is 2.60. The molecule has 0 aromatic carbocycles. The molecule has 0 aromatic heterocycles. The zero-order chi connectivity index (χ0) is 13.9. The van der Waals surface area contributed by atoms with Gasteiger partial charge in [-0.05, 0) is 27.7 Å². The molecule has 1 N–H and O–H groups in total. The lowest BCUT2D eigenvalue weighted by atomic mass is 10.2. The second kappa shape index (κ2) is 5.56. The van der Waals surface area contributed by atoms with Crippen molar-refractivity contribution in [3.8, 4) is 0 Å². The van der Waals surface area contributed by atoms with E-state index in [1.807, 2.05) is 20.8 Å². The maximum atomic E-state index is 11.8. The van der Waals surface area contributed by atoms with Crippen LogP contribution >= 0.6 is 0 Å². The van der Waals surface area contributed by atoms with Crippen LogP contribution in [0.25, 0.3) is 0 Å². The van der Waals surface area contributed by atoms with Gasteiger partial charge in [0.2, 0.25) is 0 Å². The Kier molecular flexibility index (Phi) is 4.56. The third kappa shape index (κ3) is 4.18. The van der Waals surface area contributed by atoms with E-state index in [1.54, 1.807) is 9.80 Å². The Morgan fingerprint density at radius 1 is 1.11 bits per heavy atom. The molecule has 1 fully saturated rings. The molecule has 1 aliphatic rings. The Morgan fingerprint density at radius 3 is 1.94 bits per heavy atom. The van der Waals surface area contributed by atoms with Gasteiger partial charge in [0.25, 0.3) is 5.91 Å². The van der Waals surface area contributed by atoms with E-state index in [0.29, 0.717) is 26.2 Å². The predicted octanol–water partition coefficient (Wildman–Crippen LogP) is 0.446. The Bertz CT molecular complexity index is 315. The van der Waals surface area contributed by atoms with E-state index in [1.165, 1.54) is 6.92 Å². The van der Waals surface area contributed by atoms with Gasteiger partial charge in [0.15, 0.2) is 0 Å². The molecular formula is C12H22N2O4. The normalized spacial score (nSPS) is 18.5. The monoisotopic (exact) mass is 258 g/mol. The van der Waals surface area contributed by atoms with E-state index >= 15 is 0 Å². The summed E-state index contributed by atoms with van der Waals surface area (Å²) in [5.74, 6) is -0.293. The number of amides is 2. The van der Waals surface area contributed by atoms with Crippen LogP contribution in [0.1, 0.15) is 27.7 Å². The summed E-state index contributed by atoms with van der Waals surface area (Å²) in [6.45, 7) is 8.64. The Balaban J connectivity index is 2.44. The maximum Gasteiger partial charge on any atom is 0.410 e. The Labute approximate surface area is 107 Å². The molecule has 1 unspecified atom stereocenters. The van der Waals surface area contributed by atoms with Crippen molar-refractivity contribution >= 4 is 12.0 Å². The van der Waals surface area contributed by atoms with Crippen LogP contribution in [0.4, 0.5) is 4.79 Å². The maximum absolute atomic E-state index is 11.8. The summed E-state index contributed by atoms with van der Waals surface area (Å²) in [6.07, 6.45) is -1.34. The summed E-state index contributed by atoms with van der Waals surface area (Å²) in [5.41, 5.74) is -0.510. The SMILES string of the molecule is CC(O)C(=O)N1CCN(C(=O)OC(C)(C)C)CC1. The van der Waals surface area contributed by atoms with Crippen molar-refractivity contribution in [2.75, 3.05) is 26.2 Å². The summed E-state index contributed by atoms with van der Waals surface area (Å²) in [6, 6.07) is 0. The van der Waals surface area contributed by atoms with Crippen molar-refractivity contribution in [1.29, 1.82) is 0 Å². The van der Waals surface area contributed by atoms with Crippen molar-refractivity contribution in [2.24, 2.45) is 0 Å². The first-order valence-corrected chi connectivity index (χ1v) is 6.15. The van der Waals surface area contributed by atoms with Crippen LogP contribution in [0, 0.1) is 0 Å². The molecule has 1 rings (SSSR count). The number of carbonyl (C=O) groups excluding carboxylic acids is 2. The lowest BCUT2D eigenvalue weighted by molar-refractivity contribution is -0.141. The van der Waals surface area contributed by atoms with Crippen LogP contribution in [0.5, 0.6) is 0 Å². The number of carbonyl (C=O) groups is 2. The first-order valence-electron chi connectivity index (χ1n) is 6.15. The van der Waals surface area contributed by atoms with E-state index < -0.39 is 11.7 Å². The highest BCUT2D eigenvalue weighted by Crippen LogP contribution is 2.12. The van der Waals surface area contributed by atoms with Gasteiger partial charge < -0.3 is 19.6 Å². The van der Waals surface area contributed by atoms with Gasteiger partial charge in [-0.1, -0.05) is 0 Å². The molecule has 0 bridgehead atoms. The summed E-state index contributed by atoms with van der Waals surface area (Å²) >= 11 is 0. The van der Waals surface area contributed by atoms with Crippen molar-refractivity contribution < 1.29 is 19.4 Å². The summed E-state index contributed by atoms with van der Waals surface area (Å²) in [4.78, 5) is 26.5. The molecule has 0 spiro atoms. The van der Waals surface area contributed by atoms with Gasteiger partial charge in [-0.2, -0.15) is 0 Å². The molecule has 1 aliphatic heterocycles. The summed E-state index contributed by atoms with van der Waals surface area (Å²) in [7, 11) is 0. The highest BCUT2D eigenvalue weighted by atomic mass is 16.6. The van der Waals surface area contributed by atoms with Crippen LogP contribution in [-0.2, 0) is 9.53 Å². The summed E-state index contributed by atoms with van der Waals surface area (Å²) < 4.78 is 5.25. The van der Waals surface area contributed by atoms with Gasteiger partial charge in [-0.3, -0.25) is 4.79 Å². The smallest absolute Gasteiger partial charge is 0.410 e. The molecule has 104 valence electrons. The standard InChI is InChI=1S/C12H22N2O4/c1-9(15)10(16)13-5-7-14(8-6-13)11(17)18-12(2,3)4/h9,15H,5-8H2,1-4H3. The number of aliphatic hydroxyl groups is 1. The van der Waals surface area contributed by atoms with Crippen LogP contribution in [0.2, 0.25) is 0 Å². The third-order valence-electron chi connectivity index (χ3n) is 2.60. The van der Waals surface area contributed by atoms with E-state index in [-0.39, 0.29) is 12.0 Å². The number of hydrogen-bond acceptors (Lipinski definition) is 4. The average Bonchev–Trinajstić information content (AvgIpc) is 2.26. The Morgan fingerprint density at radius 2 is 1.56 bits per heavy atom. The quantitative estimate of drug-likeness (QED) is 0.741. The second-order valence-electron chi connectivity index (χ2n) is 5.47. The van der Waals surface area contributed by atoms with Gasteiger partial charge in [-0.25, -0.2) is 4.79 Å². The van der Waals surface area contributed by atoms with Crippen molar-refractivity contribution in [3.63, 3.8) is 0 Å². The fourth-order valence-electron chi connectivity index (χ4n) is 1.70. The molecular weight excluding hydrogens is 236 g/mol. The van der Waals surface area contributed by atoms with Gasteiger partial charge >= 0.3 is 6.09 Å². The van der Waals surface area contributed by atoms with Crippen LogP contribution in [-0.4, -0.2) is 64.8 Å². The van der Waals surface area contributed by atoms with Crippen molar-refractivity contribution in [2.45, 2.75) is 39.4 Å². The molecule has 6 heteroatoms. The molecule has 0 radical (unpaired) electrons. The van der Waals surface area contributed by atoms with Crippen molar-refractivity contribution in [3.05, 3.63) is 0 Å². The minimum atomic E-state index is -0.988. The fourth-order valence-corrected chi connectivity index (χ4v) is 1.70. The predicted molar refractivity (Wildman–Crippen MR) is 66.1 cm³/mol. The lowest BCUT2D eigenvalue weighted by Gasteiger charge is -2.36. The molecule has 2 amide bonds. The average molecular weight is 258 g/mol. The van der Waals surface area contributed by atoms with Gasteiger partial charge in [0.05, 0.1) is 0 Å². The van der Waals surface area contributed by atoms with Crippen molar-refractivity contribution in [1.82, 2.24) is 9.80 Å². The minimum absolute atomic E-state index is 0.293. The number of aliphatic hydroxyl groups excluding tert-OH is 1. The van der Waals surface area contributed by atoms with E-state index in [4.69, 9.17) is 4.74 Å². The largest absolute Gasteiger partial charge is 0.444 e. The van der Waals surface area contributed by atoms with Crippen LogP contribution < -0.4 is 0 Å². The number of piperazine rings is 1. The molecule has 1 saturated heterocycles. The topological polar surface area (TPSA) is 70.1 Å². The molecule has 0 aliphatic carbocycles. The van der Waals surface area contributed by atoms with Gasteiger partial charge in [-0.15, -0.1) is 0 Å². The Hall–Kier alpha value is -1.30. The van der Waals surface area contributed by atoms with E-state index in [2.05, 4.69) is 0 Å². The first-order chi connectivity index (χ1) is 8.20. The van der Waals surface area contributed by atoms with Crippen LogP contribution in [0.3, 0.4) is 0 Å². The number of ether oxygens (including phenoxy) is 1. The molecule has 18 heavy (non-hydrogen) atoms. The van der Waals surface area contributed by atoms with E-state index in [9.17, 15) is 14.7 Å². The number of rotatable bonds is 1. The second-order valence-corrected chi connectivity index (χ2v) is 5.47. The zero-order valence-corrected chi connectivity index (χ0v) is 11.5. The molecule has 0 aromatic rings. The highest BCUT2D eigenvalue weighted by Gasteiger charge is 2.28. The fraction of sp³-hybridized carbons (Fsp3) is 0.833. The number of hydrogen-bond donors (Lipinski definition) is 1. The number of nitrogens with zero attached hydrogens (tertiary/aromatic N) is 2. The molecule has 1 atom stereocenters. The highest BCUT2D eigenvalue weighted by molar-refractivity contribution is 5.80. The van der Waals surface area contributed by atoms with E-state index in [0.717, 1.165) is 0 Å². The molecule has 0 saturated carbocycles. The first kappa shape index (κ1) is 14.8. The zero-order valence-electron chi connectivity index (χ0n) is 11.5. The lowest BCUT2D eigenvalue weighted by Crippen LogP contribution is -2.53. The van der Waals surface area contributed by atoms with Crippen LogP contribution in [0.15, 0.2) is 0 Å². The van der Waals surface area contributed by atoms with Gasteiger partial charge in [0.1, 0.15) is 11.7 Å². The summed E-state index contributed by atoms with van der Waals surface area (Å²) in [5, 5.41) is 9.20. The minimum Gasteiger partial charge on any atom is -0.444 e. The van der Waals surface area contributed by atoms with Gasteiger partial charge in [0, 0.05) is 26.2 Å². The molecule has 1 heterocycles. The molecule has 6 nitrogen and oxygen atoms in total.